The predicted octanol–water partition coefficient (Wildman–Crippen LogP) is 0.877. The number of esters is 3. The molecule has 162 valence electrons. The van der Waals surface area contributed by atoms with Crippen LogP contribution in [-0.2, 0) is 38.2 Å². The van der Waals surface area contributed by atoms with Crippen molar-refractivity contribution in [3.8, 4) is 5.75 Å². The van der Waals surface area contributed by atoms with Crippen LogP contribution in [0, 0.1) is 11.8 Å². The molecule has 0 N–H and O–H groups in total. The fourth-order valence-corrected chi connectivity index (χ4v) is 4.30. The van der Waals surface area contributed by atoms with Crippen molar-refractivity contribution in [1.82, 2.24) is 0 Å². The third-order valence-electron chi connectivity index (χ3n) is 5.35. The van der Waals surface area contributed by atoms with Crippen molar-refractivity contribution in [1.29, 1.82) is 0 Å². The van der Waals surface area contributed by atoms with Gasteiger partial charge < -0.3 is 18.9 Å². The topological polar surface area (TPSA) is 126 Å². The molecule has 0 saturated carbocycles. The van der Waals surface area contributed by atoms with Gasteiger partial charge in [0.05, 0.1) is 23.6 Å². The highest BCUT2D eigenvalue weighted by Crippen LogP contribution is 2.54. The molecule has 0 spiro atoms. The van der Waals surface area contributed by atoms with E-state index in [1.54, 1.807) is 6.08 Å². The zero-order valence-electron chi connectivity index (χ0n) is 16.9. The van der Waals surface area contributed by atoms with Crippen LogP contribution in [0.15, 0.2) is 36.4 Å². The predicted molar refractivity (Wildman–Crippen MR) is 101 cm³/mol. The number of amides is 2. The Labute approximate surface area is 176 Å². The Morgan fingerprint density at radius 3 is 2.13 bits per heavy atom. The molecule has 2 bridgehead atoms. The molecule has 4 rings (SSSR count). The van der Waals surface area contributed by atoms with Crippen LogP contribution in [0.1, 0.15) is 20.8 Å². The Bertz CT molecular complexity index is 998. The summed E-state index contributed by atoms with van der Waals surface area (Å²) >= 11 is 0. The molecule has 10 nitrogen and oxygen atoms in total. The third kappa shape index (κ3) is 3.28. The zero-order chi connectivity index (χ0) is 22.5. The maximum atomic E-state index is 13.4. The van der Waals surface area contributed by atoms with Gasteiger partial charge >= 0.3 is 17.9 Å². The van der Waals surface area contributed by atoms with Crippen molar-refractivity contribution in [3.05, 3.63) is 36.4 Å². The highest BCUT2D eigenvalue weighted by Gasteiger charge is 2.72. The SMILES string of the molecule is CC(=O)Oc1ccc(N2C(=O)[C@@H]3[C@@H](C2=O)[C@]2(C(OC(C)=O)OC(C)=O)C=C[C@H]3O2)cc1. The van der Waals surface area contributed by atoms with Crippen LogP contribution in [0.3, 0.4) is 0 Å². The highest BCUT2D eigenvalue weighted by atomic mass is 16.7. The van der Waals surface area contributed by atoms with Gasteiger partial charge in [0, 0.05) is 20.8 Å². The number of anilines is 1. The first-order valence-corrected chi connectivity index (χ1v) is 9.52. The van der Waals surface area contributed by atoms with E-state index in [-0.39, 0.29) is 11.4 Å². The molecule has 0 radical (unpaired) electrons. The number of carbonyl (C=O) groups excluding carboxylic acids is 5. The standard InChI is InChI=1S/C21H19NO9/c1-10(23)28-14-6-4-13(5-7-14)22-18(26)16-15-8-9-21(31-15,17(16)19(22)27)20(29-11(2)24)30-12(3)25/h4-9,15-17,20H,1-3H3/t15-,16+,17+,21+/m1/s1. The lowest BCUT2D eigenvalue weighted by atomic mass is 9.76. The Balaban J connectivity index is 1.68. The van der Waals surface area contributed by atoms with Gasteiger partial charge in [-0.05, 0) is 30.3 Å². The van der Waals surface area contributed by atoms with E-state index in [1.165, 1.54) is 37.3 Å². The molecule has 1 aromatic carbocycles. The van der Waals surface area contributed by atoms with Gasteiger partial charge in [0.15, 0.2) is 5.60 Å². The minimum atomic E-state index is -1.61. The highest BCUT2D eigenvalue weighted by molar-refractivity contribution is 6.23. The molecule has 2 amide bonds. The van der Waals surface area contributed by atoms with Gasteiger partial charge in [-0.15, -0.1) is 0 Å². The Hall–Kier alpha value is -3.53. The van der Waals surface area contributed by atoms with E-state index in [1.807, 2.05) is 0 Å². The van der Waals surface area contributed by atoms with Gasteiger partial charge in [0.2, 0.25) is 11.8 Å². The van der Waals surface area contributed by atoms with Crippen LogP contribution in [0.2, 0.25) is 0 Å². The zero-order valence-corrected chi connectivity index (χ0v) is 16.9. The molecule has 1 aromatic rings. The molecular formula is C21H19NO9. The quantitative estimate of drug-likeness (QED) is 0.220. The molecule has 10 heteroatoms. The maximum Gasteiger partial charge on any atom is 0.308 e. The van der Waals surface area contributed by atoms with Gasteiger partial charge in [-0.1, -0.05) is 6.08 Å². The summed E-state index contributed by atoms with van der Waals surface area (Å²) in [6.45, 7) is 3.52. The minimum absolute atomic E-state index is 0.266. The van der Waals surface area contributed by atoms with Crippen molar-refractivity contribution < 1.29 is 42.9 Å². The van der Waals surface area contributed by atoms with Crippen molar-refractivity contribution in [2.45, 2.75) is 38.8 Å². The third-order valence-corrected chi connectivity index (χ3v) is 5.35. The van der Waals surface area contributed by atoms with Gasteiger partial charge in [-0.2, -0.15) is 0 Å². The summed E-state index contributed by atoms with van der Waals surface area (Å²) in [5.41, 5.74) is -1.32. The number of fused-ring (bicyclic) bond motifs is 5. The summed E-state index contributed by atoms with van der Waals surface area (Å²) in [5, 5.41) is 0. The number of hydrogen-bond donors (Lipinski definition) is 0. The summed E-state index contributed by atoms with van der Waals surface area (Å²) in [6, 6.07) is 5.89. The van der Waals surface area contributed by atoms with E-state index in [4.69, 9.17) is 18.9 Å². The number of rotatable bonds is 5. The molecule has 0 aromatic heterocycles. The Morgan fingerprint density at radius 1 is 0.968 bits per heavy atom. The summed E-state index contributed by atoms with van der Waals surface area (Å²) in [4.78, 5) is 61.8. The first-order valence-electron chi connectivity index (χ1n) is 9.52. The van der Waals surface area contributed by atoms with E-state index in [9.17, 15) is 24.0 Å². The lowest BCUT2D eigenvalue weighted by molar-refractivity contribution is -0.226. The van der Waals surface area contributed by atoms with Crippen LogP contribution >= 0.6 is 0 Å². The summed E-state index contributed by atoms with van der Waals surface area (Å²) in [5.74, 6) is -4.69. The van der Waals surface area contributed by atoms with Gasteiger partial charge in [-0.3, -0.25) is 24.0 Å². The number of ether oxygens (including phenoxy) is 4. The van der Waals surface area contributed by atoms with Crippen molar-refractivity contribution >= 4 is 35.4 Å². The molecule has 3 heterocycles. The first-order chi connectivity index (χ1) is 14.6. The van der Waals surface area contributed by atoms with Crippen LogP contribution in [0.4, 0.5) is 5.69 Å². The van der Waals surface area contributed by atoms with E-state index in [2.05, 4.69) is 0 Å². The van der Waals surface area contributed by atoms with Crippen LogP contribution < -0.4 is 9.64 Å². The Morgan fingerprint density at radius 2 is 1.58 bits per heavy atom. The average molecular weight is 429 g/mol. The number of hydrogen-bond acceptors (Lipinski definition) is 9. The smallest absolute Gasteiger partial charge is 0.308 e. The normalized spacial score (nSPS) is 28.1. The average Bonchev–Trinajstić information content (AvgIpc) is 3.32. The monoisotopic (exact) mass is 429 g/mol. The van der Waals surface area contributed by atoms with Crippen LogP contribution in [0.5, 0.6) is 5.75 Å². The van der Waals surface area contributed by atoms with E-state index in [0.717, 1.165) is 18.7 Å². The molecule has 2 saturated heterocycles. The van der Waals surface area contributed by atoms with Gasteiger partial charge in [0.25, 0.3) is 6.29 Å². The second-order valence-corrected chi connectivity index (χ2v) is 7.45. The lowest BCUT2D eigenvalue weighted by Crippen LogP contribution is -2.52. The van der Waals surface area contributed by atoms with Crippen molar-refractivity contribution in [3.63, 3.8) is 0 Å². The Kier molecular flexibility index (Phi) is 4.89. The molecular weight excluding hydrogens is 410 g/mol. The number of imide groups is 1. The molecule has 2 fully saturated rings. The summed E-state index contributed by atoms with van der Waals surface area (Å²) in [6.07, 6.45) is 0.843. The van der Waals surface area contributed by atoms with Gasteiger partial charge in [-0.25, -0.2) is 4.90 Å². The molecule has 0 unspecified atom stereocenters. The number of benzene rings is 1. The maximum absolute atomic E-state index is 13.4. The van der Waals surface area contributed by atoms with Crippen LogP contribution in [0.25, 0.3) is 0 Å². The van der Waals surface area contributed by atoms with Gasteiger partial charge in [0.1, 0.15) is 5.75 Å². The number of nitrogens with zero attached hydrogens (tertiary/aromatic N) is 1. The van der Waals surface area contributed by atoms with Crippen molar-refractivity contribution in [2.75, 3.05) is 4.90 Å². The lowest BCUT2D eigenvalue weighted by Gasteiger charge is -2.34. The number of carbonyl (C=O) groups is 5. The molecule has 3 aliphatic heterocycles. The van der Waals surface area contributed by atoms with Crippen molar-refractivity contribution in [2.24, 2.45) is 11.8 Å². The van der Waals surface area contributed by atoms with E-state index < -0.39 is 59.6 Å². The second-order valence-electron chi connectivity index (χ2n) is 7.45. The molecule has 4 atom stereocenters. The second kappa shape index (κ2) is 7.31. The van der Waals surface area contributed by atoms with E-state index in [0.29, 0.717) is 0 Å². The molecule has 3 aliphatic rings. The fraction of sp³-hybridized carbons (Fsp3) is 0.381. The minimum Gasteiger partial charge on any atom is -0.427 e. The summed E-state index contributed by atoms with van der Waals surface area (Å²) in [7, 11) is 0. The first kappa shape index (κ1) is 20.7. The molecule has 31 heavy (non-hydrogen) atoms. The fourth-order valence-electron chi connectivity index (χ4n) is 4.30. The largest absolute Gasteiger partial charge is 0.427 e. The van der Waals surface area contributed by atoms with E-state index >= 15 is 0 Å². The summed E-state index contributed by atoms with van der Waals surface area (Å²) < 4.78 is 21.2. The molecule has 0 aliphatic carbocycles. The van der Waals surface area contributed by atoms with Crippen LogP contribution in [-0.4, -0.2) is 47.7 Å².